The molecule has 5 nitrogen and oxygen atoms in total. The molecule has 1 heterocycles. The first-order valence-electron chi connectivity index (χ1n) is 8.06. The fourth-order valence-corrected chi connectivity index (χ4v) is 5.30. The van der Waals surface area contributed by atoms with E-state index in [0.717, 1.165) is 44.9 Å². The SMILES string of the molecule is CCC1CCCC(NS(=O)(=O)N2CCCCC2CN)C1. The molecule has 0 amide bonds. The molecule has 1 saturated carbocycles. The van der Waals surface area contributed by atoms with Crippen LogP contribution >= 0.6 is 0 Å². The van der Waals surface area contributed by atoms with E-state index in [-0.39, 0.29) is 12.1 Å². The van der Waals surface area contributed by atoms with Crippen molar-refractivity contribution < 1.29 is 8.42 Å². The molecule has 1 saturated heterocycles. The molecular formula is C14H29N3O2S. The van der Waals surface area contributed by atoms with Crippen molar-refractivity contribution in [3.05, 3.63) is 0 Å². The highest BCUT2D eigenvalue weighted by Gasteiger charge is 2.34. The van der Waals surface area contributed by atoms with Gasteiger partial charge in [0.15, 0.2) is 0 Å². The normalized spacial score (nSPS) is 33.2. The molecule has 118 valence electrons. The Morgan fingerprint density at radius 3 is 2.70 bits per heavy atom. The summed E-state index contributed by atoms with van der Waals surface area (Å²) < 4.78 is 29.7. The second-order valence-electron chi connectivity index (χ2n) is 6.26. The van der Waals surface area contributed by atoms with Crippen LogP contribution in [0.1, 0.15) is 58.3 Å². The van der Waals surface area contributed by atoms with Gasteiger partial charge in [-0.2, -0.15) is 17.4 Å². The molecule has 0 aromatic carbocycles. The van der Waals surface area contributed by atoms with Crippen LogP contribution in [0.4, 0.5) is 0 Å². The number of nitrogens with one attached hydrogen (secondary N) is 1. The number of hydrogen-bond donors (Lipinski definition) is 2. The maximum Gasteiger partial charge on any atom is 0.279 e. The van der Waals surface area contributed by atoms with Crippen LogP contribution in [0, 0.1) is 5.92 Å². The topological polar surface area (TPSA) is 75.4 Å². The Kier molecular flexibility index (Phi) is 5.84. The minimum atomic E-state index is -3.37. The first-order valence-corrected chi connectivity index (χ1v) is 9.50. The van der Waals surface area contributed by atoms with Crippen LogP contribution in [0.3, 0.4) is 0 Å². The van der Waals surface area contributed by atoms with Gasteiger partial charge in [0.25, 0.3) is 10.2 Å². The molecule has 0 bridgehead atoms. The van der Waals surface area contributed by atoms with E-state index in [1.54, 1.807) is 4.31 Å². The number of rotatable bonds is 5. The Labute approximate surface area is 123 Å². The molecule has 20 heavy (non-hydrogen) atoms. The lowest BCUT2D eigenvalue weighted by Gasteiger charge is -2.36. The van der Waals surface area contributed by atoms with E-state index in [4.69, 9.17) is 5.73 Å². The summed E-state index contributed by atoms with van der Waals surface area (Å²) in [5.41, 5.74) is 5.73. The average Bonchev–Trinajstić information content (AvgIpc) is 2.47. The van der Waals surface area contributed by atoms with Gasteiger partial charge in [0.2, 0.25) is 0 Å². The van der Waals surface area contributed by atoms with Gasteiger partial charge in [-0.25, -0.2) is 0 Å². The van der Waals surface area contributed by atoms with Gasteiger partial charge in [0.05, 0.1) is 0 Å². The summed E-state index contributed by atoms with van der Waals surface area (Å²) >= 11 is 0. The van der Waals surface area contributed by atoms with Gasteiger partial charge in [-0.15, -0.1) is 0 Å². The fourth-order valence-electron chi connectivity index (χ4n) is 3.57. The number of nitrogens with two attached hydrogens (primary N) is 1. The molecule has 3 N–H and O–H groups in total. The lowest BCUT2D eigenvalue weighted by Crippen LogP contribution is -2.54. The summed E-state index contributed by atoms with van der Waals surface area (Å²) in [6, 6.07) is 0.0888. The van der Waals surface area contributed by atoms with Crippen molar-refractivity contribution in [3.63, 3.8) is 0 Å². The molecule has 2 rings (SSSR count). The van der Waals surface area contributed by atoms with E-state index in [2.05, 4.69) is 11.6 Å². The van der Waals surface area contributed by atoms with Gasteiger partial charge >= 0.3 is 0 Å². The van der Waals surface area contributed by atoms with Crippen molar-refractivity contribution in [2.45, 2.75) is 70.4 Å². The second kappa shape index (κ2) is 7.20. The molecule has 2 fully saturated rings. The zero-order valence-corrected chi connectivity index (χ0v) is 13.4. The largest absolute Gasteiger partial charge is 0.329 e. The Balaban J connectivity index is 1.98. The van der Waals surface area contributed by atoms with E-state index in [1.165, 1.54) is 6.42 Å². The summed E-state index contributed by atoms with van der Waals surface area (Å²) in [4.78, 5) is 0. The monoisotopic (exact) mass is 303 g/mol. The lowest BCUT2D eigenvalue weighted by atomic mass is 9.85. The van der Waals surface area contributed by atoms with Crippen LogP contribution in [-0.4, -0.2) is 37.9 Å². The summed E-state index contributed by atoms with van der Waals surface area (Å²) in [6.07, 6.45) is 8.38. The minimum Gasteiger partial charge on any atom is -0.329 e. The van der Waals surface area contributed by atoms with E-state index >= 15 is 0 Å². The minimum absolute atomic E-state index is 0.0215. The van der Waals surface area contributed by atoms with Gasteiger partial charge in [0, 0.05) is 25.2 Å². The van der Waals surface area contributed by atoms with Crippen LogP contribution in [0.5, 0.6) is 0 Å². The molecule has 6 heteroatoms. The van der Waals surface area contributed by atoms with E-state index in [9.17, 15) is 8.42 Å². The first-order chi connectivity index (χ1) is 9.56. The van der Waals surface area contributed by atoms with Gasteiger partial charge in [-0.05, 0) is 31.6 Å². The van der Waals surface area contributed by atoms with Crippen LogP contribution in [0.2, 0.25) is 0 Å². The molecule has 3 atom stereocenters. The molecule has 1 aliphatic carbocycles. The Morgan fingerprint density at radius 2 is 2.00 bits per heavy atom. The third-order valence-corrected chi connectivity index (χ3v) is 6.56. The van der Waals surface area contributed by atoms with Crippen molar-refractivity contribution >= 4 is 10.2 Å². The zero-order chi connectivity index (χ0) is 14.6. The van der Waals surface area contributed by atoms with Crippen molar-refractivity contribution in [2.75, 3.05) is 13.1 Å². The Morgan fingerprint density at radius 1 is 1.20 bits per heavy atom. The van der Waals surface area contributed by atoms with Crippen molar-refractivity contribution in [1.29, 1.82) is 0 Å². The van der Waals surface area contributed by atoms with Gasteiger partial charge in [-0.1, -0.05) is 32.6 Å². The Hall–Kier alpha value is -0.170. The third-order valence-electron chi connectivity index (χ3n) is 4.83. The van der Waals surface area contributed by atoms with Crippen LogP contribution in [0.15, 0.2) is 0 Å². The number of piperidine rings is 1. The standard InChI is InChI=1S/C14H29N3O2S/c1-2-12-6-5-7-13(10-12)16-20(18,19)17-9-4-3-8-14(17)11-15/h12-14,16H,2-11,15H2,1H3. The van der Waals surface area contributed by atoms with Gasteiger partial charge in [0.1, 0.15) is 0 Å². The lowest BCUT2D eigenvalue weighted by molar-refractivity contribution is 0.245. The van der Waals surface area contributed by atoms with E-state index in [1.807, 2.05) is 0 Å². The molecule has 0 aromatic rings. The smallest absolute Gasteiger partial charge is 0.279 e. The average molecular weight is 303 g/mol. The van der Waals surface area contributed by atoms with Crippen molar-refractivity contribution in [3.8, 4) is 0 Å². The van der Waals surface area contributed by atoms with Crippen LogP contribution in [0.25, 0.3) is 0 Å². The Bertz CT molecular complexity index is 399. The molecule has 0 aromatic heterocycles. The quantitative estimate of drug-likeness (QED) is 0.810. The fraction of sp³-hybridized carbons (Fsp3) is 1.00. The zero-order valence-electron chi connectivity index (χ0n) is 12.6. The van der Waals surface area contributed by atoms with Crippen molar-refractivity contribution in [2.24, 2.45) is 11.7 Å². The first kappa shape index (κ1) is 16.2. The third kappa shape index (κ3) is 3.93. The molecule has 1 aliphatic heterocycles. The van der Waals surface area contributed by atoms with Crippen molar-refractivity contribution in [1.82, 2.24) is 9.03 Å². The molecule has 0 spiro atoms. The summed E-state index contributed by atoms with van der Waals surface area (Å²) in [5, 5.41) is 0. The maximum atomic E-state index is 12.6. The van der Waals surface area contributed by atoms with Crippen LogP contribution < -0.4 is 10.5 Å². The molecular weight excluding hydrogens is 274 g/mol. The highest BCUT2D eigenvalue weighted by atomic mass is 32.2. The predicted octanol–water partition coefficient (Wildman–Crippen LogP) is 1.60. The highest BCUT2D eigenvalue weighted by molar-refractivity contribution is 7.87. The second-order valence-corrected chi connectivity index (χ2v) is 7.91. The molecule has 3 unspecified atom stereocenters. The summed E-state index contributed by atoms with van der Waals surface area (Å²) in [7, 11) is -3.37. The van der Waals surface area contributed by atoms with E-state index in [0.29, 0.717) is 19.0 Å². The molecule has 0 radical (unpaired) electrons. The van der Waals surface area contributed by atoms with Gasteiger partial charge < -0.3 is 5.73 Å². The maximum absolute atomic E-state index is 12.6. The molecule has 2 aliphatic rings. The van der Waals surface area contributed by atoms with Gasteiger partial charge in [-0.3, -0.25) is 0 Å². The van der Waals surface area contributed by atoms with E-state index < -0.39 is 10.2 Å². The number of hydrogen-bond acceptors (Lipinski definition) is 3. The highest BCUT2D eigenvalue weighted by Crippen LogP contribution is 2.28. The predicted molar refractivity (Wildman–Crippen MR) is 81.5 cm³/mol. The number of nitrogens with zero attached hydrogens (tertiary/aromatic N) is 1. The summed E-state index contributed by atoms with van der Waals surface area (Å²) in [5.74, 6) is 0.670. The summed E-state index contributed by atoms with van der Waals surface area (Å²) in [6.45, 7) is 3.22. The van der Waals surface area contributed by atoms with Crippen LogP contribution in [-0.2, 0) is 10.2 Å².